The van der Waals surface area contributed by atoms with Gasteiger partial charge in [-0.15, -0.1) is 5.10 Å². The molecule has 0 aromatic carbocycles. The minimum absolute atomic E-state index is 0.198. The number of anilines is 1. The van der Waals surface area contributed by atoms with Crippen LogP contribution in [0.1, 0.15) is 6.92 Å². The van der Waals surface area contributed by atoms with E-state index in [1.165, 1.54) is 0 Å². The molecule has 1 unspecified atom stereocenters. The van der Waals surface area contributed by atoms with Gasteiger partial charge in [-0.3, -0.25) is 9.58 Å². The maximum Gasteiger partial charge on any atom is 0.151 e. The molecule has 1 fully saturated rings. The molecule has 1 aliphatic heterocycles. The molecule has 3 heterocycles. The number of nitrogens with zero attached hydrogens (tertiary/aromatic N) is 6. The highest BCUT2D eigenvalue weighted by atomic mass is 16.5. The monoisotopic (exact) mass is 316 g/mol. The van der Waals surface area contributed by atoms with E-state index in [9.17, 15) is 0 Å². The van der Waals surface area contributed by atoms with Gasteiger partial charge in [-0.05, 0) is 25.1 Å². The topological polar surface area (TPSA) is 59.3 Å². The van der Waals surface area contributed by atoms with Crippen LogP contribution in [0.5, 0.6) is 0 Å². The molecule has 7 nitrogen and oxygen atoms in total. The Labute approximate surface area is 136 Å². The molecule has 0 aliphatic carbocycles. The predicted molar refractivity (Wildman–Crippen MR) is 88.3 cm³/mol. The summed E-state index contributed by atoms with van der Waals surface area (Å²) in [6.45, 7) is 8.49. The lowest BCUT2D eigenvalue weighted by molar-refractivity contribution is -0.0250. The van der Waals surface area contributed by atoms with Crippen LogP contribution in [0.25, 0.3) is 0 Å². The second-order valence-corrected chi connectivity index (χ2v) is 5.68. The molecule has 3 rings (SSSR count). The van der Waals surface area contributed by atoms with E-state index in [1.807, 2.05) is 35.3 Å². The first-order chi connectivity index (χ1) is 11.3. The van der Waals surface area contributed by atoms with Crippen molar-refractivity contribution in [3.8, 4) is 0 Å². The van der Waals surface area contributed by atoms with Crippen LogP contribution < -0.4 is 4.90 Å². The van der Waals surface area contributed by atoms with Crippen molar-refractivity contribution in [2.75, 3.05) is 44.2 Å². The Morgan fingerprint density at radius 3 is 3.00 bits per heavy atom. The van der Waals surface area contributed by atoms with Crippen LogP contribution in [0.15, 0.2) is 36.8 Å². The largest absolute Gasteiger partial charge is 0.374 e. The fraction of sp³-hybridized carbons (Fsp3) is 0.562. The lowest BCUT2D eigenvalue weighted by Gasteiger charge is -2.35. The SMILES string of the molecule is CCN(CC1CN(CCn2cccn2)CCO1)c1cccnn1. The maximum absolute atomic E-state index is 5.95. The Balaban J connectivity index is 1.51. The molecule has 1 saturated heterocycles. The van der Waals surface area contributed by atoms with Gasteiger partial charge in [0.25, 0.3) is 0 Å². The summed E-state index contributed by atoms with van der Waals surface area (Å²) in [5, 5.41) is 12.4. The molecule has 0 spiro atoms. The highest BCUT2D eigenvalue weighted by molar-refractivity contribution is 5.36. The zero-order valence-electron chi connectivity index (χ0n) is 13.6. The fourth-order valence-electron chi connectivity index (χ4n) is 2.86. The molecule has 1 atom stereocenters. The molecule has 1 aliphatic rings. The van der Waals surface area contributed by atoms with Gasteiger partial charge in [0.15, 0.2) is 5.82 Å². The van der Waals surface area contributed by atoms with Crippen LogP contribution in [0, 0.1) is 0 Å². The van der Waals surface area contributed by atoms with E-state index in [0.717, 1.165) is 51.7 Å². The molecule has 0 radical (unpaired) electrons. The second-order valence-electron chi connectivity index (χ2n) is 5.68. The lowest BCUT2D eigenvalue weighted by atomic mass is 10.2. The van der Waals surface area contributed by atoms with E-state index in [4.69, 9.17) is 4.74 Å². The Bertz CT molecular complexity index is 561. The minimum Gasteiger partial charge on any atom is -0.374 e. The fourth-order valence-corrected chi connectivity index (χ4v) is 2.86. The summed E-state index contributed by atoms with van der Waals surface area (Å²) in [5.74, 6) is 0.910. The smallest absolute Gasteiger partial charge is 0.151 e. The van der Waals surface area contributed by atoms with Crippen molar-refractivity contribution in [1.82, 2.24) is 24.9 Å². The number of rotatable bonds is 7. The number of hydrogen-bond donors (Lipinski definition) is 0. The first kappa shape index (κ1) is 15.9. The number of aromatic nitrogens is 4. The van der Waals surface area contributed by atoms with Gasteiger partial charge in [-0.2, -0.15) is 10.2 Å². The molecular weight excluding hydrogens is 292 g/mol. The van der Waals surface area contributed by atoms with Crippen molar-refractivity contribution in [3.63, 3.8) is 0 Å². The highest BCUT2D eigenvalue weighted by Gasteiger charge is 2.22. The van der Waals surface area contributed by atoms with Crippen molar-refractivity contribution in [2.24, 2.45) is 0 Å². The number of hydrogen-bond acceptors (Lipinski definition) is 6. The Kier molecular flexibility index (Phi) is 5.55. The van der Waals surface area contributed by atoms with Crippen molar-refractivity contribution in [2.45, 2.75) is 19.6 Å². The van der Waals surface area contributed by atoms with Crippen LogP contribution in [-0.2, 0) is 11.3 Å². The number of morpholine rings is 1. The molecule has 0 saturated carbocycles. The molecule has 2 aromatic rings. The summed E-state index contributed by atoms with van der Waals surface area (Å²) in [4.78, 5) is 4.66. The summed E-state index contributed by atoms with van der Waals surface area (Å²) >= 11 is 0. The normalized spacial score (nSPS) is 18.9. The summed E-state index contributed by atoms with van der Waals surface area (Å²) in [6, 6.07) is 5.88. The first-order valence-electron chi connectivity index (χ1n) is 8.19. The van der Waals surface area contributed by atoms with E-state index < -0.39 is 0 Å². The van der Waals surface area contributed by atoms with Crippen molar-refractivity contribution >= 4 is 5.82 Å². The third-order valence-electron chi connectivity index (χ3n) is 4.12. The van der Waals surface area contributed by atoms with Crippen molar-refractivity contribution < 1.29 is 4.74 Å². The molecule has 0 N–H and O–H groups in total. The molecule has 0 amide bonds. The van der Waals surface area contributed by atoms with Gasteiger partial charge < -0.3 is 9.64 Å². The van der Waals surface area contributed by atoms with E-state index in [1.54, 1.807) is 6.20 Å². The number of ether oxygens (including phenoxy) is 1. The second kappa shape index (κ2) is 8.03. The van der Waals surface area contributed by atoms with E-state index >= 15 is 0 Å². The lowest BCUT2D eigenvalue weighted by Crippen LogP contribution is -2.48. The van der Waals surface area contributed by atoms with E-state index in [-0.39, 0.29) is 6.10 Å². The average molecular weight is 316 g/mol. The van der Waals surface area contributed by atoms with Crippen LogP contribution in [0.2, 0.25) is 0 Å². The highest BCUT2D eigenvalue weighted by Crippen LogP contribution is 2.12. The Hall–Kier alpha value is -1.99. The standard InChI is InChI=1S/C16H24N6O/c1-2-21(16-5-3-6-17-19-16)14-15-13-20(11-12-23-15)9-10-22-8-4-7-18-22/h3-8,15H,2,9-14H2,1H3. The van der Waals surface area contributed by atoms with Crippen LogP contribution in [-0.4, -0.2) is 70.3 Å². The summed E-state index contributed by atoms with van der Waals surface area (Å²) in [7, 11) is 0. The maximum atomic E-state index is 5.95. The van der Waals surface area contributed by atoms with Crippen LogP contribution >= 0.6 is 0 Å². The van der Waals surface area contributed by atoms with Gasteiger partial charge in [0.1, 0.15) is 0 Å². The van der Waals surface area contributed by atoms with Crippen molar-refractivity contribution in [1.29, 1.82) is 0 Å². The summed E-state index contributed by atoms with van der Waals surface area (Å²) in [6.07, 6.45) is 5.72. The van der Waals surface area contributed by atoms with Gasteiger partial charge in [-0.25, -0.2) is 0 Å². The molecule has 23 heavy (non-hydrogen) atoms. The molecule has 7 heteroatoms. The molecule has 0 bridgehead atoms. The zero-order chi connectivity index (χ0) is 15.9. The Morgan fingerprint density at radius 1 is 1.30 bits per heavy atom. The van der Waals surface area contributed by atoms with Crippen molar-refractivity contribution in [3.05, 3.63) is 36.8 Å². The molecule has 124 valence electrons. The van der Waals surface area contributed by atoms with Crippen LogP contribution in [0.4, 0.5) is 5.82 Å². The molecule has 2 aromatic heterocycles. The third kappa shape index (κ3) is 4.49. The zero-order valence-corrected chi connectivity index (χ0v) is 13.6. The van der Waals surface area contributed by atoms with Gasteiger partial charge >= 0.3 is 0 Å². The third-order valence-corrected chi connectivity index (χ3v) is 4.12. The van der Waals surface area contributed by atoms with Gasteiger partial charge in [0.05, 0.1) is 19.3 Å². The van der Waals surface area contributed by atoms with E-state index in [2.05, 4.69) is 32.0 Å². The average Bonchev–Trinajstić information content (AvgIpc) is 3.12. The number of likely N-dealkylation sites (N-methyl/N-ethyl adjacent to an activating group) is 1. The van der Waals surface area contributed by atoms with Gasteiger partial charge in [-0.1, -0.05) is 0 Å². The summed E-state index contributed by atoms with van der Waals surface area (Å²) in [5.41, 5.74) is 0. The minimum atomic E-state index is 0.198. The van der Waals surface area contributed by atoms with Gasteiger partial charge in [0.2, 0.25) is 0 Å². The molecular formula is C16H24N6O. The van der Waals surface area contributed by atoms with Crippen LogP contribution in [0.3, 0.4) is 0 Å². The van der Waals surface area contributed by atoms with E-state index in [0.29, 0.717) is 0 Å². The quantitative estimate of drug-likeness (QED) is 0.756. The Morgan fingerprint density at radius 2 is 2.26 bits per heavy atom. The summed E-state index contributed by atoms with van der Waals surface area (Å²) < 4.78 is 7.92. The van der Waals surface area contributed by atoms with Gasteiger partial charge in [0, 0.05) is 51.3 Å². The first-order valence-corrected chi connectivity index (χ1v) is 8.19. The predicted octanol–water partition coefficient (Wildman–Crippen LogP) is 0.900.